The minimum atomic E-state index is -0.362. The third-order valence-electron chi connectivity index (χ3n) is 2.79. The van der Waals surface area contributed by atoms with E-state index in [9.17, 15) is 9.59 Å². The Balaban J connectivity index is 2.96. The Kier molecular flexibility index (Phi) is 6.06. The molecule has 1 rings (SSSR count). The second-order valence-corrected chi connectivity index (χ2v) is 5.25. The van der Waals surface area contributed by atoms with Crippen molar-refractivity contribution in [3.63, 3.8) is 0 Å². The number of aryl methyl sites for hydroxylation is 2. The van der Waals surface area contributed by atoms with Crippen molar-refractivity contribution >= 4 is 23.6 Å². The molecule has 0 bridgehead atoms. The van der Waals surface area contributed by atoms with Crippen molar-refractivity contribution in [3.8, 4) is 0 Å². The van der Waals surface area contributed by atoms with Crippen molar-refractivity contribution < 1.29 is 14.3 Å². The summed E-state index contributed by atoms with van der Waals surface area (Å²) in [6.07, 6.45) is 2.23. The molecule has 1 aromatic heterocycles. The Morgan fingerprint density at radius 2 is 2.05 bits per heavy atom. The molecular weight excluding hydrogens is 278 g/mol. The first-order chi connectivity index (χ1) is 9.42. The van der Waals surface area contributed by atoms with Crippen LogP contribution in [0.25, 0.3) is 0 Å². The van der Waals surface area contributed by atoms with Gasteiger partial charge in [-0.1, -0.05) is 0 Å². The highest BCUT2D eigenvalue weighted by Crippen LogP contribution is 2.24. The van der Waals surface area contributed by atoms with Gasteiger partial charge in [0, 0.05) is 20.5 Å². The fourth-order valence-electron chi connectivity index (χ4n) is 1.78. The van der Waals surface area contributed by atoms with Crippen LogP contribution in [0.2, 0.25) is 0 Å². The van der Waals surface area contributed by atoms with Crippen LogP contribution in [-0.4, -0.2) is 53.5 Å². The maximum atomic E-state index is 11.9. The third-order valence-corrected chi connectivity index (χ3v) is 3.59. The van der Waals surface area contributed by atoms with E-state index in [1.165, 1.54) is 11.8 Å². The molecule has 112 valence electrons. The van der Waals surface area contributed by atoms with Gasteiger partial charge in [0.25, 0.3) is 0 Å². The first-order valence-corrected chi connectivity index (χ1v) is 7.63. The summed E-state index contributed by atoms with van der Waals surface area (Å²) in [6, 6.07) is 0. The zero-order valence-electron chi connectivity index (χ0n) is 12.6. The van der Waals surface area contributed by atoms with Gasteiger partial charge in [0.1, 0.15) is 10.6 Å². The standard InChI is InChI=1S/C13H21N3O3S/c1-6-19-13(18)11-9(2)14-16(12(11)20-5)8-7-10(17)15(3)4/h6-8H2,1-5H3. The molecule has 0 aromatic carbocycles. The number of hydrogen-bond donors (Lipinski definition) is 0. The smallest absolute Gasteiger partial charge is 0.342 e. The summed E-state index contributed by atoms with van der Waals surface area (Å²) in [4.78, 5) is 25.1. The predicted molar refractivity (Wildman–Crippen MR) is 78.0 cm³/mol. The Labute approximate surface area is 123 Å². The second-order valence-electron chi connectivity index (χ2n) is 4.45. The minimum absolute atomic E-state index is 0.0305. The number of amides is 1. The number of rotatable bonds is 6. The van der Waals surface area contributed by atoms with E-state index in [2.05, 4.69) is 5.10 Å². The molecular formula is C13H21N3O3S. The second kappa shape index (κ2) is 7.33. The molecule has 0 saturated heterocycles. The summed E-state index contributed by atoms with van der Waals surface area (Å²) in [5.41, 5.74) is 1.13. The summed E-state index contributed by atoms with van der Waals surface area (Å²) < 4.78 is 6.75. The minimum Gasteiger partial charge on any atom is -0.462 e. The van der Waals surface area contributed by atoms with Crippen LogP contribution in [0.4, 0.5) is 0 Å². The van der Waals surface area contributed by atoms with E-state index in [0.29, 0.717) is 30.8 Å². The zero-order valence-corrected chi connectivity index (χ0v) is 13.4. The molecule has 0 aliphatic carbocycles. The molecule has 0 fully saturated rings. The van der Waals surface area contributed by atoms with E-state index in [-0.39, 0.29) is 11.9 Å². The topological polar surface area (TPSA) is 64.4 Å². The van der Waals surface area contributed by atoms with Crippen LogP contribution in [0.1, 0.15) is 29.4 Å². The number of nitrogens with zero attached hydrogens (tertiary/aromatic N) is 3. The van der Waals surface area contributed by atoms with Crippen LogP contribution in [0, 0.1) is 6.92 Å². The largest absolute Gasteiger partial charge is 0.462 e. The fourth-order valence-corrected chi connectivity index (χ4v) is 2.56. The van der Waals surface area contributed by atoms with E-state index in [0.717, 1.165) is 5.03 Å². The van der Waals surface area contributed by atoms with Gasteiger partial charge in [0.05, 0.1) is 18.8 Å². The van der Waals surface area contributed by atoms with Gasteiger partial charge in [-0.3, -0.25) is 9.48 Å². The van der Waals surface area contributed by atoms with E-state index < -0.39 is 0 Å². The van der Waals surface area contributed by atoms with E-state index in [4.69, 9.17) is 4.74 Å². The predicted octanol–water partition coefficient (Wildman–Crippen LogP) is 1.57. The summed E-state index contributed by atoms with van der Waals surface area (Å²) in [6.45, 7) is 4.33. The number of thioether (sulfide) groups is 1. The molecule has 0 atom stereocenters. The summed E-state index contributed by atoms with van der Waals surface area (Å²) in [5, 5.41) is 5.08. The Bertz CT molecular complexity index is 497. The monoisotopic (exact) mass is 299 g/mol. The molecule has 0 saturated carbocycles. The Hall–Kier alpha value is -1.50. The summed E-state index contributed by atoms with van der Waals surface area (Å²) >= 11 is 1.43. The molecule has 1 heterocycles. The van der Waals surface area contributed by atoms with Gasteiger partial charge in [-0.05, 0) is 20.1 Å². The molecule has 1 amide bonds. The molecule has 0 radical (unpaired) electrons. The number of carbonyl (C=O) groups is 2. The quantitative estimate of drug-likeness (QED) is 0.589. The average Bonchev–Trinajstić information content (AvgIpc) is 2.71. The van der Waals surface area contributed by atoms with Gasteiger partial charge in [-0.15, -0.1) is 11.8 Å². The summed E-state index contributed by atoms with van der Waals surface area (Å²) in [5.74, 6) is -0.331. The zero-order chi connectivity index (χ0) is 15.3. The molecule has 1 aromatic rings. The highest BCUT2D eigenvalue weighted by Gasteiger charge is 2.22. The number of ether oxygens (including phenoxy) is 1. The maximum absolute atomic E-state index is 11.9. The Morgan fingerprint density at radius 1 is 1.40 bits per heavy atom. The lowest BCUT2D eigenvalue weighted by atomic mass is 10.3. The Morgan fingerprint density at radius 3 is 2.55 bits per heavy atom. The third kappa shape index (κ3) is 3.75. The number of aromatic nitrogens is 2. The lowest BCUT2D eigenvalue weighted by Crippen LogP contribution is -2.23. The average molecular weight is 299 g/mol. The highest BCUT2D eigenvalue weighted by molar-refractivity contribution is 7.98. The van der Waals surface area contributed by atoms with E-state index >= 15 is 0 Å². The van der Waals surface area contributed by atoms with Crippen LogP contribution >= 0.6 is 11.8 Å². The molecule has 6 nitrogen and oxygen atoms in total. The fraction of sp³-hybridized carbons (Fsp3) is 0.615. The first-order valence-electron chi connectivity index (χ1n) is 6.41. The normalized spacial score (nSPS) is 10.4. The van der Waals surface area contributed by atoms with Crippen molar-refractivity contribution in [3.05, 3.63) is 11.3 Å². The van der Waals surface area contributed by atoms with Gasteiger partial charge in [0.15, 0.2) is 0 Å². The first kappa shape index (κ1) is 16.6. The van der Waals surface area contributed by atoms with Crippen molar-refractivity contribution in [2.75, 3.05) is 27.0 Å². The van der Waals surface area contributed by atoms with Gasteiger partial charge >= 0.3 is 5.97 Å². The van der Waals surface area contributed by atoms with Crippen LogP contribution in [-0.2, 0) is 16.1 Å². The van der Waals surface area contributed by atoms with Crippen LogP contribution in [0.5, 0.6) is 0 Å². The van der Waals surface area contributed by atoms with Crippen molar-refractivity contribution in [1.82, 2.24) is 14.7 Å². The molecule has 0 aliphatic rings. The lowest BCUT2D eigenvalue weighted by molar-refractivity contribution is -0.128. The van der Waals surface area contributed by atoms with Crippen molar-refractivity contribution in [2.24, 2.45) is 0 Å². The van der Waals surface area contributed by atoms with E-state index in [1.54, 1.807) is 37.5 Å². The summed E-state index contributed by atoms with van der Waals surface area (Å²) in [7, 11) is 3.44. The highest BCUT2D eigenvalue weighted by atomic mass is 32.2. The number of carbonyl (C=O) groups excluding carboxylic acids is 2. The van der Waals surface area contributed by atoms with Crippen LogP contribution in [0.3, 0.4) is 0 Å². The SMILES string of the molecule is CCOC(=O)c1c(C)nn(CCC(=O)N(C)C)c1SC. The van der Waals surface area contributed by atoms with E-state index in [1.807, 2.05) is 6.26 Å². The molecule has 0 unspecified atom stereocenters. The van der Waals surface area contributed by atoms with Gasteiger partial charge < -0.3 is 9.64 Å². The molecule has 0 aliphatic heterocycles. The molecule has 0 N–H and O–H groups in total. The molecule has 0 spiro atoms. The molecule has 20 heavy (non-hydrogen) atoms. The van der Waals surface area contributed by atoms with Crippen LogP contribution in [0.15, 0.2) is 5.03 Å². The van der Waals surface area contributed by atoms with Gasteiger partial charge in [-0.2, -0.15) is 5.10 Å². The van der Waals surface area contributed by atoms with Gasteiger partial charge in [0.2, 0.25) is 5.91 Å². The number of hydrogen-bond acceptors (Lipinski definition) is 5. The van der Waals surface area contributed by atoms with Crippen LogP contribution < -0.4 is 0 Å². The molecule has 7 heteroatoms. The van der Waals surface area contributed by atoms with Gasteiger partial charge in [-0.25, -0.2) is 4.79 Å². The van der Waals surface area contributed by atoms with Crippen molar-refractivity contribution in [2.45, 2.75) is 31.8 Å². The number of esters is 1. The van der Waals surface area contributed by atoms with Crippen molar-refractivity contribution in [1.29, 1.82) is 0 Å². The maximum Gasteiger partial charge on any atom is 0.342 e. The lowest BCUT2D eigenvalue weighted by Gasteiger charge is -2.11.